The third-order valence-electron chi connectivity index (χ3n) is 6.34. The third kappa shape index (κ3) is 4.79. The molecule has 34 heavy (non-hydrogen) atoms. The van der Waals surface area contributed by atoms with Crippen LogP contribution in [-0.4, -0.2) is 62.9 Å². The largest absolute Gasteiger partial charge is 0.480 e. The Bertz CT molecular complexity index is 1270. The second kappa shape index (κ2) is 9.36. The lowest BCUT2D eigenvalue weighted by molar-refractivity contribution is -0.138. The normalized spacial score (nSPS) is 20.3. The molecule has 2 aliphatic rings. The number of thiazole rings is 1. The molecule has 178 valence electrons. The van der Waals surface area contributed by atoms with Crippen LogP contribution in [0.2, 0.25) is 5.02 Å². The van der Waals surface area contributed by atoms with Crippen molar-refractivity contribution >= 4 is 51.6 Å². The predicted molar refractivity (Wildman–Crippen MR) is 128 cm³/mol. The van der Waals surface area contributed by atoms with Crippen LogP contribution in [0.15, 0.2) is 24.3 Å². The number of hydrogen-bond donors (Lipinski definition) is 4. The lowest BCUT2D eigenvalue weighted by Gasteiger charge is -2.23. The number of nitrogens with one attached hydrogen (secondary N) is 3. The first kappa shape index (κ1) is 22.8. The number of halogens is 1. The van der Waals surface area contributed by atoms with Gasteiger partial charge in [-0.05, 0) is 43.5 Å². The van der Waals surface area contributed by atoms with Crippen molar-refractivity contribution in [3.8, 4) is 0 Å². The molecular weight excluding hydrogens is 478 g/mol. The number of amides is 2. The van der Waals surface area contributed by atoms with Crippen LogP contribution in [0.3, 0.4) is 0 Å². The predicted octanol–water partition coefficient (Wildman–Crippen LogP) is 2.80. The highest BCUT2D eigenvalue weighted by Crippen LogP contribution is 2.26. The van der Waals surface area contributed by atoms with E-state index in [9.17, 15) is 14.4 Å². The van der Waals surface area contributed by atoms with Crippen LogP contribution >= 0.6 is 22.9 Å². The molecule has 2 aromatic heterocycles. The van der Waals surface area contributed by atoms with Crippen LogP contribution in [0.5, 0.6) is 0 Å². The summed E-state index contributed by atoms with van der Waals surface area (Å²) in [5.41, 5.74) is 2.15. The SMILES string of the molecule is O=C(O)CN1CCc2nc(C(=O)N[C@H]3CCC[C@@H]3NC(=O)c3cc4cc(Cl)ccc4[nH]3)sc2C1. The van der Waals surface area contributed by atoms with Gasteiger partial charge in [0, 0.05) is 52.4 Å². The molecule has 4 N–H and O–H groups in total. The van der Waals surface area contributed by atoms with E-state index in [1.165, 1.54) is 11.3 Å². The van der Waals surface area contributed by atoms with Crippen LogP contribution in [-0.2, 0) is 17.8 Å². The zero-order valence-corrected chi connectivity index (χ0v) is 19.8. The molecule has 1 saturated carbocycles. The summed E-state index contributed by atoms with van der Waals surface area (Å²) in [6, 6.07) is 6.82. The maximum atomic E-state index is 12.9. The van der Waals surface area contributed by atoms with Crippen LogP contribution in [0.1, 0.15) is 50.1 Å². The number of hydrogen-bond acceptors (Lipinski definition) is 6. The first-order valence-corrected chi connectivity index (χ1v) is 12.4. The third-order valence-corrected chi connectivity index (χ3v) is 7.66. The van der Waals surface area contributed by atoms with Gasteiger partial charge in [0.1, 0.15) is 5.69 Å². The molecule has 1 aliphatic carbocycles. The van der Waals surface area contributed by atoms with Crippen molar-refractivity contribution in [1.29, 1.82) is 0 Å². The van der Waals surface area contributed by atoms with Gasteiger partial charge >= 0.3 is 5.97 Å². The second-order valence-corrected chi connectivity index (χ2v) is 10.3. The van der Waals surface area contributed by atoms with E-state index >= 15 is 0 Å². The van der Waals surface area contributed by atoms with Crippen LogP contribution in [0.4, 0.5) is 0 Å². The van der Waals surface area contributed by atoms with E-state index in [4.69, 9.17) is 16.7 Å². The Balaban J connectivity index is 1.22. The molecule has 3 aromatic rings. The molecule has 2 amide bonds. The fraction of sp³-hybridized carbons (Fsp3) is 0.391. The molecule has 2 atom stereocenters. The van der Waals surface area contributed by atoms with Gasteiger partial charge in [-0.15, -0.1) is 11.3 Å². The Kier molecular flexibility index (Phi) is 6.28. The number of carboxylic acids is 1. The van der Waals surface area contributed by atoms with E-state index in [-0.39, 0.29) is 30.4 Å². The minimum Gasteiger partial charge on any atom is -0.480 e. The highest BCUT2D eigenvalue weighted by molar-refractivity contribution is 7.13. The molecule has 3 heterocycles. The number of H-pyrrole nitrogens is 1. The smallest absolute Gasteiger partial charge is 0.317 e. The van der Waals surface area contributed by atoms with Gasteiger partial charge in [0.05, 0.1) is 12.2 Å². The molecule has 0 bridgehead atoms. The van der Waals surface area contributed by atoms with Crippen molar-refractivity contribution in [3.05, 3.63) is 50.6 Å². The van der Waals surface area contributed by atoms with Crippen molar-refractivity contribution in [3.63, 3.8) is 0 Å². The zero-order chi connectivity index (χ0) is 23.8. The monoisotopic (exact) mass is 501 g/mol. The van der Waals surface area contributed by atoms with Crippen LogP contribution in [0.25, 0.3) is 10.9 Å². The molecular formula is C23H24ClN5O4S. The summed E-state index contributed by atoms with van der Waals surface area (Å²) in [6.45, 7) is 1.08. The maximum Gasteiger partial charge on any atom is 0.317 e. The standard InChI is InChI=1S/C23H24ClN5O4S/c24-13-4-5-14-12(8-13)9-18(25-14)21(32)26-15-2-1-3-16(15)27-22(33)23-28-17-6-7-29(11-20(30)31)10-19(17)34-23/h4-5,8-9,15-16,25H,1-3,6-7,10-11H2,(H,26,32)(H,27,33)(H,30,31)/t15-,16-/m0/s1. The highest BCUT2D eigenvalue weighted by atomic mass is 35.5. The number of aromatic amines is 1. The van der Waals surface area contributed by atoms with Crippen molar-refractivity contribution in [2.45, 2.75) is 44.3 Å². The van der Waals surface area contributed by atoms with Crippen molar-refractivity contribution in [2.24, 2.45) is 0 Å². The zero-order valence-electron chi connectivity index (χ0n) is 18.3. The average Bonchev–Trinajstić information content (AvgIpc) is 3.51. The summed E-state index contributed by atoms with van der Waals surface area (Å²) in [5.74, 6) is -1.34. The molecule has 1 aromatic carbocycles. The summed E-state index contributed by atoms with van der Waals surface area (Å²) in [7, 11) is 0. The number of carbonyl (C=O) groups excluding carboxylic acids is 2. The lowest BCUT2D eigenvalue weighted by atomic mass is 10.1. The van der Waals surface area contributed by atoms with Gasteiger partial charge in [0.15, 0.2) is 5.01 Å². The number of nitrogens with zero attached hydrogens (tertiary/aromatic N) is 2. The molecule has 5 rings (SSSR count). The molecule has 0 saturated heterocycles. The Morgan fingerprint density at radius 3 is 2.71 bits per heavy atom. The van der Waals surface area contributed by atoms with Crippen molar-refractivity contribution in [1.82, 2.24) is 25.5 Å². The number of fused-ring (bicyclic) bond motifs is 2. The van der Waals surface area contributed by atoms with Gasteiger partial charge in [0.25, 0.3) is 11.8 Å². The molecule has 1 aliphatic heterocycles. The summed E-state index contributed by atoms with van der Waals surface area (Å²) < 4.78 is 0. The molecule has 0 spiro atoms. The van der Waals surface area contributed by atoms with E-state index in [1.54, 1.807) is 18.2 Å². The van der Waals surface area contributed by atoms with E-state index in [0.717, 1.165) is 40.7 Å². The van der Waals surface area contributed by atoms with Crippen molar-refractivity contribution < 1.29 is 19.5 Å². The first-order chi connectivity index (χ1) is 16.4. The lowest BCUT2D eigenvalue weighted by Crippen LogP contribution is -2.48. The first-order valence-electron chi connectivity index (χ1n) is 11.2. The number of aromatic nitrogens is 2. The number of carboxylic acid groups (broad SMARTS) is 1. The molecule has 1 fully saturated rings. The number of benzene rings is 1. The number of aliphatic carboxylic acids is 1. The minimum absolute atomic E-state index is 0.0221. The van der Waals surface area contributed by atoms with E-state index < -0.39 is 5.97 Å². The summed E-state index contributed by atoms with van der Waals surface area (Å²) in [4.78, 5) is 47.2. The van der Waals surface area contributed by atoms with Gasteiger partial charge in [-0.1, -0.05) is 11.6 Å². The number of rotatable bonds is 6. The van der Waals surface area contributed by atoms with Crippen molar-refractivity contribution in [2.75, 3.05) is 13.1 Å². The molecule has 0 unspecified atom stereocenters. The van der Waals surface area contributed by atoms with E-state index in [1.807, 2.05) is 11.0 Å². The van der Waals surface area contributed by atoms with E-state index in [2.05, 4.69) is 20.6 Å². The topological polar surface area (TPSA) is 127 Å². The Labute approximate surface area is 204 Å². The van der Waals surface area contributed by atoms with Gasteiger partial charge in [0.2, 0.25) is 0 Å². The fourth-order valence-corrected chi connectivity index (χ4v) is 5.91. The van der Waals surface area contributed by atoms with Crippen LogP contribution < -0.4 is 10.6 Å². The van der Waals surface area contributed by atoms with Gasteiger partial charge < -0.3 is 20.7 Å². The average molecular weight is 502 g/mol. The van der Waals surface area contributed by atoms with Crippen LogP contribution in [0, 0.1) is 0 Å². The highest BCUT2D eigenvalue weighted by Gasteiger charge is 2.32. The molecule has 11 heteroatoms. The summed E-state index contributed by atoms with van der Waals surface area (Å²) in [6.07, 6.45) is 3.08. The summed E-state index contributed by atoms with van der Waals surface area (Å²) >= 11 is 7.35. The minimum atomic E-state index is -0.864. The fourth-order valence-electron chi connectivity index (χ4n) is 4.68. The quantitative estimate of drug-likeness (QED) is 0.411. The Morgan fingerprint density at radius 2 is 1.94 bits per heavy atom. The molecule has 0 radical (unpaired) electrons. The summed E-state index contributed by atoms with van der Waals surface area (Å²) in [5, 5.41) is 17.0. The van der Waals surface area contributed by atoms with Gasteiger partial charge in [-0.25, -0.2) is 4.98 Å². The second-order valence-electron chi connectivity index (χ2n) is 8.75. The molecule has 9 nitrogen and oxygen atoms in total. The Morgan fingerprint density at radius 1 is 1.18 bits per heavy atom. The van der Waals surface area contributed by atoms with E-state index in [0.29, 0.717) is 35.2 Å². The van der Waals surface area contributed by atoms with Gasteiger partial charge in [-0.2, -0.15) is 0 Å². The van der Waals surface area contributed by atoms with Gasteiger partial charge in [-0.3, -0.25) is 19.3 Å². The Hall–Kier alpha value is -2.95. The number of carbonyl (C=O) groups is 3. The maximum absolute atomic E-state index is 12.9.